The fourth-order valence-electron chi connectivity index (χ4n) is 1.72. The third kappa shape index (κ3) is 4.16. The topological polar surface area (TPSA) is 87.3 Å². The van der Waals surface area contributed by atoms with Gasteiger partial charge in [-0.1, -0.05) is 0 Å². The smallest absolute Gasteiger partial charge is 0.318 e. The summed E-state index contributed by atoms with van der Waals surface area (Å²) in [5.74, 6) is -2.05. The van der Waals surface area contributed by atoms with E-state index in [1.165, 1.54) is 31.3 Å². The number of anilines is 2. The summed E-state index contributed by atoms with van der Waals surface area (Å²) in [6, 6.07) is 7.48. The molecule has 122 valence electrons. The van der Waals surface area contributed by atoms with Crippen LogP contribution in [0.15, 0.2) is 47.4 Å². The molecule has 0 aliphatic heterocycles. The maximum atomic E-state index is 13.6. The van der Waals surface area contributed by atoms with Crippen molar-refractivity contribution < 1.29 is 22.0 Å². The lowest BCUT2D eigenvalue weighted by molar-refractivity contribution is 0.254. The maximum Gasteiger partial charge on any atom is 0.318 e. The molecule has 0 spiro atoms. The molecule has 0 saturated carbocycles. The Labute approximate surface area is 131 Å². The highest BCUT2D eigenvalue weighted by Gasteiger charge is 2.19. The van der Waals surface area contributed by atoms with Gasteiger partial charge in [-0.3, -0.25) is 4.72 Å². The van der Waals surface area contributed by atoms with E-state index >= 15 is 0 Å². The fourth-order valence-corrected chi connectivity index (χ4v) is 2.84. The summed E-state index contributed by atoms with van der Waals surface area (Å²) >= 11 is 0. The number of rotatable bonds is 4. The van der Waals surface area contributed by atoms with Crippen LogP contribution in [0, 0.1) is 11.6 Å². The number of hydrogen-bond acceptors (Lipinski definition) is 3. The van der Waals surface area contributed by atoms with Crippen LogP contribution < -0.4 is 15.4 Å². The molecule has 0 unspecified atom stereocenters. The molecular formula is C14H13F2N3O3S. The Balaban J connectivity index is 2.19. The monoisotopic (exact) mass is 341 g/mol. The van der Waals surface area contributed by atoms with Gasteiger partial charge >= 0.3 is 6.03 Å². The SMILES string of the molecule is CNC(=O)Nc1ccc(NS(=O)(=O)c2ccc(F)cc2F)cc1. The van der Waals surface area contributed by atoms with Crippen molar-refractivity contribution in [2.75, 3.05) is 17.1 Å². The summed E-state index contributed by atoms with van der Waals surface area (Å²) in [6.07, 6.45) is 0. The zero-order valence-corrected chi connectivity index (χ0v) is 12.7. The van der Waals surface area contributed by atoms with Crippen LogP contribution in [-0.2, 0) is 10.0 Å². The van der Waals surface area contributed by atoms with Gasteiger partial charge in [0.1, 0.15) is 16.5 Å². The Bertz CT molecular complexity index is 824. The van der Waals surface area contributed by atoms with Gasteiger partial charge in [0.05, 0.1) is 0 Å². The molecule has 0 radical (unpaired) electrons. The summed E-state index contributed by atoms with van der Waals surface area (Å²) in [5, 5.41) is 4.86. The largest absolute Gasteiger partial charge is 0.341 e. The predicted octanol–water partition coefficient (Wildman–Crippen LogP) is 2.52. The summed E-state index contributed by atoms with van der Waals surface area (Å²) in [6.45, 7) is 0. The molecule has 2 aromatic rings. The van der Waals surface area contributed by atoms with Crippen molar-refractivity contribution in [1.29, 1.82) is 0 Å². The maximum absolute atomic E-state index is 13.6. The van der Waals surface area contributed by atoms with E-state index in [0.717, 1.165) is 12.1 Å². The average Bonchev–Trinajstić information content (AvgIpc) is 2.48. The molecule has 0 heterocycles. The molecule has 2 rings (SSSR count). The number of amides is 2. The molecule has 0 aliphatic rings. The minimum absolute atomic E-state index is 0.163. The minimum Gasteiger partial charge on any atom is -0.341 e. The number of nitrogens with one attached hydrogen (secondary N) is 3. The number of carbonyl (C=O) groups is 1. The lowest BCUT2D eigenvalue weighted by atomic mass is 10.3. The molecule has 0 aromatic heterocycles. The van der Waals surface area contributed by atoms with Crippen molar-refractivity contribution in [3.05, 3.63) is 54.1 Å². The van der Waals surface area contributed by atoms with Crippen molar-refractivity contribution in [3.63, 3.8) is 0 Å². The number of urea groups is 1. The van der Waals surface area contributed by atoms with E-state index < -0.39 is 32.6 Å². The third-order valence-electron chi connectivity index (χ3n) is 2.81. The van der Waals surface area contributed by atoms with Crippen molar-refractivity contribution in [3.8, 4) is 0 Å². The van der Waals surface area contributed by atoms with Gasteiger partial charge in [0.25, 0.3) is 10.0 Å². The van der Waals surface area contributed by atoms with E-state index in [9.17, 15) is 22.0 Å². The van der Waals surface area contributed by atoms with Crippen molar-refractivity contribution in [1.82, 2.24) is 5.32 Å². The van der Waals surface area contributed by atoms with Crippen molar-refractivity contribution in [2.45, 2.75) is 4.90 Å². The van der Waals surface area contributed by atoms with E-state index in [4.69, 9.17) is 0 Å². The molecule has 6 nitrogen and oxygen atoms in total. The average molecular weight is 341 g/mol. The van der Waals surface area contributed by atoms with Crippen molar-refractivity contribution in [2.24, 2.45) is 0 Å². The van der Waals surface area contributed by atoms with Gasteiger partial charge in [-0.15, -0.1) is 0 Å². The molecule has 9 heteroatoms. The summed E-state index contributed by atoms with van der Waals surface area (Å²) < 4.78 is 52.8. The van der Waals surface area contributed by atoms with Crippen LogP contribution in [0.5, 0.6) is 0 Å². The highest BCUT2D eigenvalue weighted by atomic mass is 32.2. The Morgan fingerprint density at radius 3 is 2.17 bits per heavy atom. The van der Waals surface area contributed by atoms with Gasteiger partial charge in [-0.2, -0.15) is 0 Å². The van der Waals surface area contributed by atoms with Gasteiger partial charge < -0.3 is 10.6 Å². The van der Waals surface area contributed by atoms with Gasteiger partial charge in [-0.25, -0.2) is 22.0 Å². The standard InChI is InChI=1S/C14H13F2N3O3S/c1-17-14(20)18-10-3-5-11(6-4-10)19-23(21,22)13-7-2-9(15)8-12(13)16/h2-8,19H,1H3,(H2,17,18,20). The predicted molar refractivity (Wildman–Crippen MR) is 81.7 cm³/mol. The van der Waals surface area contributed by atoms with Gasteiger partial charge in [0.15, 0.2) is 0 Å². The van der Waals surface area contributed by atoms with Crippen LogP contribution >= 0.6 is 0 Å². The number of sulfonamides is 1. The van der Waals surface area contributed by atoms with Gasteiger partial charge in [0.2, 0.25) is 0 Å². The first-order valence-electron chi connectivity index (χ1n) is 6.38. The zero-order valence-electron chi connectivity index (χ0n) is 11.9. The van der Waals surface area contributed by atoms with Gasteiger partial charge in [-0.05, 0) is 36.4 Å². The minimum atomic E-state index is -4.19. The molecule has 2 aromatic carbocycles. The summed E-state index contributed by atoms with van der Waals surface area (Å²) in [7, 11) is -2.74. The number of carbonyl (C=O) groups excluding carboxylic acids is 1. The van der Waals surface area contributed by atoms with Crippen molar-refractivity contribution >= 4 is 27.4 Å². The second-order valence-corrected chi connectivity index (χ2v) is 6.11. The first-order valence-corrected chi connectivity index (χ1v) is 7.87. The first-order chi connectivity index (χ1) is 10.8. The molecule has 0 atom stereocenters. The second kappa shape index (κ2) is 6.61. The Morgan fingerprint density at radius 1 is 1.00 bits per heavy atom. The summed E-state index contributed by atoms with van der Waals surface area (Å²) in [4.78, 5) is 10.5. The lowest BCUT2D eigenvalue weighted by Gasteiger charge is -2.10. The van der Waals surface area contributed by atoms with Crippen LogP contribution in [0.2, 0.25) is 0 Å². The van der Waals surface area contributed by atoms with E-state index in [1.807, 2.05) is 0 Å². The molecular weight excluding hydrogens is 328 g/mol. The quantitative estimate of drug-likeness (QED) is 0.798. The Kier molecular flexibility index (Phi) is 4.80. The second-order valence-electron chi connectivity index (χ2n) is 4.46. The Morgan fingerprint density at radius 2 is 1.61 bits per heavy atom. The number of hydrogen-bond donors (Lipinski definition) is 3. The lowest BCUT2D eigenvalue weighted by Crippen LogP contribution is -2.24. The third-order valence-corrected chi connectivity index (χ3v) is 4.22. The van der Waals surface area contributed by atoms with Crippen LogP contribution in [0.25, 0.3) is 0 Å². The molecule has 23 heavy (non-hydrogen) atoms. The van der Waals surface area contributed by atoms with Crippen LogP contribution in [0.3, 0.4) is 0 Å². The van der Waals surface area contributed by atoms with Crippen LogP contribution in [-0.4, -0.2) is 21.5 Å². The number of halogens is 2. The van der Waals surface area contributed by atoms with E-state index in [2.05, 4.69) is 15.4 Å². The molecule has 0 fully saturated rings. The van der Waals surface area contributed by atoms with E-state index in [0.29, 0.717) is 11.8 Å². The molecule has 2 amide bonds. The Hall–Kier alpha value is -2.68. The zero-order chi connectivity index (χ0) is 17.0. The molecule has 0 aliphatic carbocycles. The summed E-state index contributed by atoms with van der Waals surface area (Å²) in [5.41, 5.74) is 0.608. The van der Waals surface area contributed by atoms with Crippen LogP contribution in [0.4, 0.5) is 25.0 Å². The van der Waals surface area contributed by atoms with E-state index in [1.54, 1.807) is 0 Å². The van der Waals surface area contributed by atoms with Gasteiger partial charge in [0, 0.05) is 24.5 Å². The highest BCUT2D eigenvalue weighted by molar-refractivity contribution is 7.92. The highest BCUT2D eigenvalue weighted by Crippen LogP contribution is 2.21. The normalized spacial score (nSPS) is 10.9. The molecule has 0 saturated heterocycles. The van der Waals surface area contributed by atoms with Crippen LogP contribution in [0.1, 0.15) is 0 Å². The first kappa shape index (κ1) is 16.7. The molecule has 0 bridgehead atoms. The van der Waals surface area contributed by atoms with E-state index in [-0.39, 0.29) is 5.69 Å². The fraction of sp³-hybridized carbons (Fsp3) is 0.0714. The molecule has 3 N–H and O–H groups in total. The number of benzene rings is 2.